The van der Waals surface area contributed by atoms with Crippen LogP contribution >= 0.6 is 11.8 Å². The van der Waals surface area contributed by atoms with E-state index in [-0.39, 0.29) is 0 Å². The summed E-state index contributed by atoms with van der Waals surface area (Å²) in [4.78, 5) is 10.2. The molecule has 12 heavy (non-hydrogen) atoms. The molecule has 0 bridgehead atoms. The summed E-state index contributed by atoms with van der Waals surface area (Å²) in [6, 6.07) is -0.750. The predicted molar refractivity (Wildman–Crippen MR) is 50.0 cm³/mol. The van der Waals surface area contributed by atoms with Crippen molar-refractivity contribution in [1.82, 2.24) is 0 Å². The van der Waals surface area contributed by atoms with Gasteiger partial charge in [-0.05, 0) is 18.6 Å². The lowest BCUT2D eigenvalue weighted by molar-refractivity contribution is -0.138. The quantitative estimate of drug-likeness (QED) is 0.178. The van der Waals surface area contributed by atoms with Gasteiger partial charge in [-0.1, -0.05) is 0 Å². The summed E-state index contributed by atoms with van der Waals surface area (Å²) in [6.45, 7) is 0. The van der Waals surface area contributed by atoms with Crippen LogP contribution in [0.4, 0.5) is 0 Å². The summed E-state index contributed by atoms with van der Waals surface area (Å²) in [7, 11) is 0. The molecule has 0 fully saturated rings. The van der Waals surface area contributed by atoms with Gasteiger partial charge in [0, 0.05) is 0 Å². The maximum Gasteiger partial charge on any atom is 0.320 e. The topological polar surface area (TPSA) is 102 Å². The molecule has 0 aliphatic heterocycles. The molecule has 6 heteroatoms. The highest BCUT2D eigenvalue weighted by atomic mass is 32.2. The summed E-state index contributed by atoms with van der Waals surface area (Å²) >= 11 is 1.44. The molecule has 0 unspecified atom stereocenters. The highest BCUT2D eigenvalue weighted by molar-refractivity contribution is 8.12. The molecule has 0 amide bonds. The number of carboxylic acid groups (broad SMARTS) is 1. The van der Waals surface area contributed by atoms with E-state index in [2.05, 4.69) is 5.10 Å². The van der Waals surface area contributed by atoms with Crippen LogP contribution in [0.3, 0.4) is 0 Å². The first-order valence-electron chi connectivity index (χ1n) is 3.50. The van der Waals surface area contributed by atoms with Crippen LogP contribution in [0.1, 0.15) is 12.8 Å². The first-order valence-corrected chi connectivity index (χ1v) is 4.55. The number of aliphatic carboxylic acids is 1. The van der Waals surface area contributed by atoms with Crippen molar-refractivity contribution in [2.45, 2.75) is 18.9 Å². The van der Waals surface area contributed by atoms with Crippen molar-refractivity contribution in [2.75, 3.05) is 5.75 Å². The minimum Gasteiger partial charge on any atom is -0.480 e. The Morgan fingerprint density at radius 1 is 1.75 bits per heavy atom. The van der Waals surface area contributed by atoms with Crippen LogP contribution in [0.15, 0.2) is 5.10 Å². The highest BCUT2D eigenvalue weighted by Crippen LogP contribution is 2.02. The number of carbonyl (C=O) groups is 1. The van der Waals surface area contributed by atoms with Crippen LogP contribution < -0.4 is 11.6 Å². The van der Waals surface area contributed by atoms with E-state index in [4.69, 9.17) is 16.7 Å². The van der Waals surface area contributed by atoms with Crippen LogP contribution in [-0.2, 0) is 4.79 Å². The van der Waals surface area contributed by atoms with Gasteiger partial charge in [0.15, 0.2) is 0 Å². The van der Waals surface area contributed by atoms with Gasteiger partial charge in [0.1, 0.15) is 6.04 Å². The van der Waals surface area contributed by atoms with Gasteiger partial charge in [0.25, 0.3) is 0 Å². The van der Waals surface area contributed by atoms with E-state index >= 15 is 0 Å². The van der Waals surface area contributed by atoms with Crippen LogP contribution in [-0.4, -0.2) is 28.4 Å². The van der Waals surface area contributed by atoms with E-state index in [1.165, 1.54) is 17.3 Å². The third kappa shape index (κ3) is 5.99. The third-order valence-electron chi connectivity index (χ3n) is 1.23. The molecule has 0 rings (SSSR count). The Bertz CT molecular complexity index is 163. The first kappa shape index (κ1) is 11.2. The Labute approximate surface area is 75.2 Å². The Morgan fingerprint density at radius 3 is 2.92 bits per heavy atom. The molecule has 0 heterocycles. The Kier molecular flexibility index (Phi) is 6.50. The number of carboxylic acids is 1. The fourth-order valence-corrected chi connectivity index (χ4v) is 1.13. The maximum atomic E-state index is 10.2. The number of rotatable bonds is 6. The van der Waals surface area contributed by atoms with Crippen molar-refractivity contribution < 1.29 is 9.90 Å². The van der Waals surface area contributed by atoms with Gasteiger partial charge in [0.2, 0.25) is 0 Å². The van der Waals surface area contributed by atoms with Crippen LogP contribution in [0.25, 0.3) is 0 Å². The standard InChI is InChI=1S/C6H13N3O2S/c7-5(6(10)11)2-1-3-12-4-9-8/h4-5H,1-3,7-8H2,(H,10,11)/t5-/m0/s1. The number of thioether (sulfide) groups is 1. The fraction of sp³-hybridized carbons (Fsp3) is 0.667. The van der Waals surface area contributed by atoms with Crippen molar-refractivity contribution in [3.63, 3.8) is 0 Å². The SMILES string of the molecule is NN=CSCCC[C@H](N)C(=O)O. The van der Waals surface area contributed by atoms with E-state index < -0.39 is 12.0 Å². The molecule has 0 spiro atoms. The molecule has 0 aromatic heterocycles. The molecule has 0 aliphatic carbocycles. The minimum atomic E-state index is -0.951. The molecule has 0 aliphatic rings. The zero-order chi connectivity index (χ0) is 9.40. The summed E-state index contributed by atoms with van der Waals surface area (Å²) in [6.07, 6.45) is 1.24. The van der Waals surface area contributed by atoms with Gasteiger partial charge >= 0.3 is 5.97 Å². The third-order valence-corrected chi connectivity index (χ3v) is 2.03. The Balaban J connectivity index is 3.25. The molecule has 1 atom stereocenters. The lowest BCUT2D eigenvalue weighted by Crippen LogP contribution is -2.29. The monoisotopic (exact) mass is 191 g/mol. The Morgan fingerprint density at radius 2 is 2.42 bits per heavy atom. The number of hydrazone groups is 1. The number of hydrogen-bond donors (Lipinski definition) is 3. The first-order chi connectivity index (χ1) is 5.68. The van der Waals surface area contributed by atoms with E-state index in [9.17, 15) is 4.79 Å². The smallest absolute Gasteiger partial charge is 0.320 e. The molecular weight excluding hydrogens is 178 g/mol. The van der Waals surface area contributed by atoms with Gasteiger partial charge in [-0.3, -0.25) is 4.79 Å². The molecule has 0 aromatic rings. The molecule has 5 N–H and O–H groups in total. The molecule has 0 aromatic carbocycles. The maximum absolute atomic E-state index is 10.2. The number of nitrogens with two attached hydrogens (primary N) is 2. The molecule has 0 saturated carbocycles. The minimum absolute atomic E-state index is 0.487. The van der Waals surface area contributed by atoms with E-state index in [1.807, 2.05) is 0 Å². The predicted octanol–water partition coefficient (Wildman–Crippen LogP) is -0.186. The van der Waals surface area contributed by atoms with Gasteiger partial charge in [-0.25, -0.2) is 0 Å². The molecule has 0 saturated heterocycles. The fourth-order valence-electron chi connectivity index (χ4n) is 0.606. The zero-order valence-electron chi connectivity index (χ0n) is 6.64. The van der Waals surface area contributed by atoms with Gasteiger partial charge in [0.05, 0.1) is 5.55 Å². The molecule has 5 nitrogen and oxygen atoms in total. The van der Waals surface area contributed by atoms with E-state index in [0.29, 0.717) is 6.42 Å². The van der Waals surface area contributed by atoms with Crippen LogP contribution in [0, 0.1) is 0 Å². The summed E-state index contributed by atoms with van der Waals surface area (Å²) in [5.74, 6) is 4.69. The summed E-state index contributed by atoms with van der Waals surface area (Å²) < 4.78 is 0. The van der Waals surface area contributed by atoms with Gasteiger partial charge < -0.3 is 16.7 Å². The van der Waals surface area contributed by atoms with Crippen molar-refractivity contribution in [1.29, 1.82) is 0 Å². The molecule has 0 radical (unpaired) electrons. The average molecular weight is 191 g/mol. The second-order valence-electron chi connectivity index (χ2n) is 2.21. The van der Waals surface area contributed by atoms with Crippen molar-refractivity contribution >= 4 is 23.3 Å². The summed E-state index contributed by atoms with van der Waals surface area (Å²) in [5.41, 5.74) is 6.78. The lowest BCUT2D eigenvalue weighted by atomic mass is 10.2. The van der Waals surface area contributed by atoms with Gasteiger partial charge in [-0.2, -0.15) is 5.10 Å². The highest BCUT2D eigenvalue weighted by Gasteiger charge is 2.09. The average Bonchev–Trinajstić information content (AvgIpc) is 2.03. The number of hydrogen-bond acceptors (Lipinski definition) is 5. The van der Waals surface area contributed by atoms with E-state index in [0.717, 1.165) is 12.2 Å². The van der Waals surface area contributed by atoms with E-state index in [1.54, 1.807) is 0 Å². The van der Waals surface area contributed by atoms with Crippen molar-refractivity contribution in [3.8, 4) is 0 Å². The molecular formula is C6H13N3O2S. The molecule has 70 valence electrons. The van der Waals surface area contributed by atoms with Crippen molar-refractivity contribution in [2.24, 2.45) is 16.7 Å². The lowest BCUT2D eigenvalue weighted by Gasteiger charge is -2.03. The normalized spacial score (nSPS) is 13.4. The van der Waals surface area contributed by atoms with Gasteiger partial charge in [-0.15, -0.1) is 11.8 Å². The second kappa shape index (κ2) is 6.93. The Hall–Kier alpha value is -0.750. The van der Waals surface area contributed by atoms with Crippen LogP contribution in [0.5, 0.6) is 0 Å². The second-order valence-corrected chi connectivity index (χ2v) is 3.16. The zero-order valence-corrected chi connectivity index (χ0v) is 7.46. The van der Waals surface area contributed by atoms with Crippen LogP contribution in [0.2, 0.25) is 0 Å². The summed E-state index contributed by atoms with van der Waals surface area (Å²) in [5, 5.41) is 11.7. The largest absolute Gasteiger partial charge is 0.480 e. The van der Waals surface area contributed by atoms with Crippen molar-refractivity contribution in [3.05, 3.63) is 0 Å². The number of nitrogens with zero attached hydrogens (tertiary/aromatic N) is 1.